The summed E-state index contributed by atoms with van der Waals surface area (Å²) in [6.07, 6.45) is 1.91. The molecule has 0 atom stereocenters. The van der Waals surface area contributed by atoms with Gasteiger partial charge < -0.3 is 9.47 Å². The number of benzene rings is 4. The van der Waals surface area contributed by atoms with Crippen molar-refractivity contribution in [3.8, 4) is 28.4 Å². The lowest BCUT2D eigenvalue weighted by Crippen LogP contribution is -2.30. The lowest BCUT2D eigenvalue weighted by molar-refractivity contribution is 0.0803. The van der Waals surface area contributed by atoms with E-state index in [2.05, 4.69) is 53.7 Å². The van der Waals surface area contributed by atoms with Crippen LogP contribution in [0.4, 0.5) is 0 Å². The van der Waals surface area contributed by atoms with Crippen LogP contribution in [0.3, 0.4) is 0 Å². The van der Waals surface area contributed by atoms with E-state index in [4.69, 9.17) is 9.47 Å². The highest BCUT2D eigenvalue weighted by molar-refractivity contribution is 7.91. The minimum atomic E-state index is -3.61. The molecule has 39 heavy (non-hydrogen) atoms. The summed E-state index contributed by atoms with van der Waals surface area (Å²) in [7, 11) is -3.61. The van der Waals surface area contributed by atoms with Crippen LogP contribution in [-0.4, -0.2) is 14.0 Å². The Morgan fingerprint density at radius 1 is 0.564 bits per heavy atom. The summed E-state index contributed by atoms with van der Waals surface area (Å²) in [6.45, 7) is 12.7. The minimum Gasteiger partial charge on any atom is -0.488 e. The molecule has 0 aliphatic rings. The molecule has 0 saturated heterocycles. The van der Waals surface area contributed by atoms with Crippen LogP contribution in [0.15, 0.2) is 107 Å². The average molecular weight is 543 g/mol. The Balaban J connectivity index is 1.42. The first-order valence-corrected chi connectivity index (χ1v) is 14.9. The molecule has 0 radical (unpaired) electrons. The number of sulfone groups is 1. The zero-order valence-electron chi connectivity index (χ0n) is 23.7. The fourth-order valence-electron chi connectivity index (χ4n) is 4.20. The van der Waals surface area contributed by atoms with Crippen LogP contribution < -0.4 is 9.47 Å². The molecular formula is C34H38O4S. The maximum absolute atomic E-state index is 13.1. The van der Waals surface area contributed by atoms with Gasteiger partial charge in [-0.2, -0.15) is 0 Å². The second-order valence-corrected chi connectivity index (χ2v) is 13.1. The molecule has 0 unspecified atom stereocenters. The summed E-state index contributed by atoms with van der Waals surface area (Å²) < 4.78 is 38.4. The average Bonchev–Trinajstić information content (AvgIpc) is 2.94. The summed E-state index contributed by atoms with van der Waals surface area (Å²) in [4.78, 5) is 0.517. The normalized spacial score (nSPS) is 12.3. The Kier molecular flexibility index (Phi) is 8.22. The van der Waals surface area contributed by atoms with Gasteiger partial charge in [-0.3, -0.25) is 0 Å². The number of ether oxygens (including phenoxy) is 2. The predicted octanol–water partition coefficient (Wildman–Crippen LogP) is 9.23. The fraction of sp³-hybridized carbons (Fsp3) is 0.294. The third-order valence-electron chi connectivity index (χ3n) is 7.30. The van der Waals surface area contributed by atoms with Crippen molar-refractivity contribution in [2.24, 2.45) is 0 Å². The number of hydrogen-bond acceptors (Lipinski definition) is 4. The molecule has 0 saturated carbocycles. The van der Waals surface area contributed by atoms with E-state index in [-0.39, 0.29) is 20.8 Å². The number of rotatable bonds is 9. The molecule has 4 rings (SSSR count). The Bertz CT molecular complexity index is 1470. The van der Waals surface area contributed by atoms with Crippen LogP contribution in [0.25, 0.3) is 11.1 Å². The van der Waals surface area contributed by atoms with Gasteiger partial charge in [0.2, 0.25) is 9.84 Å². The van der Waals surface area contributed by atoms with E-state index in [1.165, 1.54) is 0 Å². The van der Waals surface area contributed by atoms with Gasteiger partial charge in [-0.05, 0) is 103 Å². The maximum atomic E-state index is 13.1. The first-order chi connectivity index (χ1) is 18.4. The number of hydrogen-bond donors (Lipinski definition) is 0. The van der Waals surface area contributed by atoms with Crippen LogP contribution in [-0.2, 0) is 15.3 Å². The van der Waals surface area contributed by atoms with Crippen molar-refractivity contribution in [2.75, 3.05) is 0 Å². The van der Waals surface area contributed by atoms with Crippen LogP contribution in [0.1, 0.15) is 59.9 Å². The minimum absolute atomic E-state index is 0.0373. The quantitative estimate of drug-likeness (QED) is 0.211. The van der Waals surface area contributed by atoms with Crippen LogP contribution >= 0.6 is 0 Å². The maximum Gasteiger partial charge on any atom is 0.206 e. The van der Waals surface area contributed by atoms with Gasteiger partial charge in [-0.15, -0.1) is 0 Å². The highest BCUT2D eigenvalue weighted by atomic mass is 32.2. The Morgan fingerprint density at radius 2 is 0.949 bits per heavy atom. The van der Waals surface area contributed by atoms with Crippen LogP contribution in [0, 0.1) is 0 Å². The first-order valence-electron chi connectivity index (χ1n) is 13.5. The lowest BCUT2D eigenvalue weighted by Gasteiger charge is -2.28. The summed E-state index contributed by atoms with van der Waals surface area (Å²) in [5.41, 5.74) is 3.06. The standard InChI is InChI=1S/C34H38O4S/c1-7-34(6,8-2)38-30-17-11-26(12-18-30)25-9-15-28(16-10-25)37-29-19-23-32(24-20-29)39(35,36)31-21-13-27(14-22-31)33(3,4)5/h9-24H,7-8H2,1-6H3. The molecule has 0 aliphatic heterocycles. The zero-order valence-corrected chi connectivity index (χ0v) is 24.5. The van der Waals surface area contributed by atoms with Gasteiger partial charge >= 0.3 is 0 Å². The Morgan fingerprint density at radius 3 is 1.36 bits per heavy atom. The molecule has 0 bridgehead atoms. The van der Waals surface area contributed by atoms with Gasteiger partial charge in [0, 0.05) is 0 Å². The third-order valence-corrected chi connectivity index (χ3v) is 9.09. The first kappa shape index (κ1) is 28.4. The van der Waals surface area contributed by atoms with Crippen molar-refractivity contribution >= 4 is 9.84 Å². The topological polar surface area (TPSA) is 52.6 Å². The molecule has 0 fully saturated rings. The smallest absolute Gasteiger partial charge is 0.206 e. The van der Waals surface area contributed by atoms with E-state index in [0.717, 1.165) is 35.3 Å². The van der Waals surface area contributed by atoms with Crippen molar-refractivity contribution in [1.29, 1.82) is 0 Å². The van der Waals surface area contributed by atoms with Crippen molar-refractivity contribution in [3.63, 3.8) is 0 Å². The van der Waals surface area contributed by atoms with Gasteiger partial charge in [-0.25, -0.2) is 8.42 Å². The van der Waals surface area contributed by atoms with Crippen LogP contribution in [0.5, 0.6) is 17.2 Å². The molecule has 0 aliphatic carbocycles. The van der Waals surface area contributed by atoms with Crippen LogP contribution in [0.2, 0.25) is 0 Å². The third kappa shape index (κ3) is 6.72. The highest BCUT2D eigenvalue weighted by Crippen LogP contribution is 2.31. The van der Waals surface area contributed by atoms with Crippen molar-refractivity contribution in [2.45, 2.75) is 75.2 Å². The second kappa shape index (κ2) is 11.3. The summed E-state index contributed by atoms with van der Waals surface area (Å²) in [5.74, 6) is 2.12. The van der Waals surface area contributed by atoms with Gasteiger partial charge in [-0.1, -0.05) is 71.0 Å². The fourth-order valence-corrected chi connectivity index (χ4v) is 5.46. The molecular weight excluding hydrogens is 504 g/mol. The monoisotopic (exact) mass is 542 g/mol. The largest absolute Gasteiger partial charge is 0.488 e. The molecule has 4 aromatic rings. The van der Waals surface area contributed by atoms with Crippen molar-refractivity contribution in [1.82, 2.24) is 0 Å². The Labute approximate surface area is 233 Å². The van der Waals surface area contributed by atoms with Crippen molar-refractivity contribution < 1.29 is 17.9 Å². The van der Waals surface area contributed by atoms with Crippen molar-refractivity contribution in [3.05, 3.63) is 103 Å². The summed E-state index contributed by atoms with van der Waals surface area (Å²) in [5, 5.41) is 0. The molecule has 5 heteroatoms. The van der Waals surface area contributed by atoms with E-state index in [1.807, 2.05) is 48.5 Å². The lowest BCUT2D eigenvalue weighted by atomic mass is 9.87. The zero-order chi connectivity index (χ0) is 28.3. The SMILES string of the molecule is CCC(C)(CC)Oc1ccc(-c2ccc(Oc3ccc(S(=O)(=O)c4ccc(C(C)(C)C)cc4)cc3)cc2)cc1. The Hall–Kier alpha value is -3.57. The van der Waals surface area contributed by atoms with E-state index in [0.29, 0.717) is 11.5 Å². The van der Waals surface area contributed by atoms with E-state index >= 15 is 0 Å². The van der Waals surface area contributed by atoms with Gasteiger partial charge in [0.25, 0.3) is 0 Å². The highest BCUT2D eigenvalue weighted by Gasteiger charge is 2.22. The molecule has 0 N–H and O–H groups in total. The molecule has 4 nitrogen and oxygen atoms in total. The van der Waals surface area contributed by atoms with Gasteiger partial charge in [0.15, 0.2) is 0 Å². The molecule has 0 spiro atoms. The molecule has 0 amide bonds. The second-order valence-electron chi connectivity index (χ2n) is 11.2. The van der Waals surface area contributed by atoms with E-state index in [1.54, 1.807) is 36.4 Å². The molecule has 4 aromatic carbocycles. The van der Waals surface area contributed by atoms with E-state index in [9.17, 15) is 8.42 Å². The van der Waals surface area contributed by atoms with E-state index < -0.39 is 9.84 Å². The van der Waals surface area contributed by atoms with Gasteiger partial charge in [0.1, 0.15) is 22.8 Å². The molecule has 204 valence electrons. The molecule has 0 heterocycles. The predicted molar refractivity (Wildman–Crippen MR) is 159 cm³/mol. The molecule has 0 aromatic heterocycles. The summed E-state index contributed by atoms with van der Waals surface area (Å²) >= 11 is 0. The van der Waals surface area contributed by atoms with Gasteiger partial charge in [0.05, 0.1) is 9.79 Å². The summed E-state index contributed by atoms with van der Waals surface area (Å²) in [6, 6.07) is 29.6.